The minimum Gasteiger partial charge on any atom is -0.443 e. The van der Waals surface area contributed by atoms with Gasteiger partial charge >= 0.3 is 11.8 Å². The Kier molecular flexibility index (Phi) is 4.18. The Balaban J connectivity index is 2.21. The largest absolute Gasteiger partial charge is 0.443 e. The number of cyclic esters (lactones) is 1. The molecule has 0 saturated carbocycles. The van der Waals surface area contributed by atoms with Gasteiger partial charge in [0.2, 0.25) is 0 Å². The first-order valence-corrected chi connectivity index (χ1v) is 6.90. The normalized spacial score (nSPS) is 27.5. The van der Waals surface area contributed by atoms with Crippen LogP contribution in [0.1, 0.15) is 12.8 Å². The Morgan fingerprint density at radius 1 is 1.63 bits per heavy atom. The van der Waals surface area contributed by atoms with E-state index in [2.05, 4.69) is 15.9 Å². The summed E-state index contributed by atoms with van der Waals surface area (Å²) in [7, 11) is 0. The van der Waals surface area contributed by atoms with Crippen LogP contribution in [0.3, 0.4) is 0 Å². The minimum atomic E-state index is -0.850. The lowest BCUT2D eigenvalue weighted by Gasteiger charge is -2.21. The molecule has 2 unspecified atom stereocenters. The van der Waals surface area contributed by atoms with E-state index < -0.39 is 28.6 Å². The lowest BCUT2D eigenvalue weighted by molar-refractivity contribution is -0.423. The predicted molar refractivity (Wildman–Crippen MR) is 68.1 cm³/mol. The van der Waals surface area contributed by atoms with Gasteiger partial charge in [-0.2, -0.15) is 4.39 Å². The van der Waals surface area contributed by atoms with Crippen molar-refractivity contribution in [1.82, 2.24) is 4.90 Å². The van der Waals surface area contributed by atoms with Gasteiger partial charge < -0.3 is 4.74 Å². The number of amides is 1. The quantitative estimate of drug-likeness (QED) is 0.451. The summed E-state index contributed by atoms with van der Waals surface area (Å²) < 4.78 is 18.5. The van der Waals surface area contributed by atoms with Crippen molar-refractivity contribution in [2.24, 2.45) is 0 Å². The van der Waals surface area contributed by atoms with Crippen LogP contribution in [0.15, 0.2) is 23.7 Å². The number of carbonyl (C=O) groups is 1. The van der Waals surface area contributed by atoms with Gasteiger partial charge in [0.1, 0.15) is 6.10 Å². The molecule has 1 saturated heterocycles. The van der Waals surface area contributed by atoms with Crippen LogP contribution in [-0.2, 0) is 4.74 Å². The second-order valence-corrected chi connectivity index (χ2v) is 4.97. The van der Waals surface area contributed by atoms with Crippen LogP contribution < -0.4 is 0 Å². The van der Waals surface area contributed by atoms with Crippen LogP contribution in [0.4, 0.5) is 9.18 Å². The molecular weight excluding hydrogens is 323 g/mol. The molecule has 0 bridgehead atoms. The highest BCUT2D eigenvalue weighted by atomic mass is 79.9. The summed E-state index contributed by atoms with van der Waals surface area (Å²) in [5, 5.41) is 11.3. The maximum atomic E-state index is 13.5. The molecule has 1 amide bonds. The van der Waals surface area contributed by atoms with Crippen molar-refractivity contribution in [3.05, 3.63) is 33.8 Å². The Labute approximate surface area is 117 Å². The van der Waals surface area contributed by atoms with Crippen LogP contribution in [-0.4, -0.2) is 39.9 Å². The van der Waals surface area contributed by atoms with Crippen LogP contribution in [0.2, 0.25) is 0 Å². The van der Waals surface area contributed by atoms with Crippen molar-refractivity contribution in [2.45, 2.75) is 25.0 Å². The van der Waals surface area contributed by atoms with E-state index in [1.165, 1.54) is 17.1 Å². The van der Waals surface area contributed by atoms with Crippen molar-refractivity contribution >= 4 is 22.0 Å². The fraction of sp³-hybridized carbons (Fsp3) is 0.545. The first kappa shape index (κ1) is 14.0. The highest BCUT2D eigenvalue weighted by molar-refractivity contribution is 9.09. The Bertz CT molecular complexity index is 466. The van der Waals surface area contributed by atoms with E-state index >= 15 is 0 Å². The SMILES string of the molecule is O=C1OC(CBr)CN1C1C=C([N+](=O)[O-])C(F)=CCC1. The smallest absolute Gasteiger partial charge is 0.410 e. The van der Waals surface area contributed by atoms with Crippen LogP contribution >= 0.6 is 15.9 Å². The minimum absolute atomic E-state index is 0.277. The summed E-state index contributed by atoms with van der Waals surface area (Å²) in [6.07, 6.45) is 2.35. The molecule has 1 heterocycles. The third kappa shape index (κ3) is 2.94. The highest BCUT2D eigenvalue weighted by Gasteiger charge is 2.36. The topological polar surface area (TPSA) is 72.7 Å². The van der Waals surface area contributed by atoms with Gasteiger partial charge in [0, 0.05) is 11.4 Å². The lowest BCUT2D eigenvalue weighted by atomic mass is 10.1. The average molecular weight is 335 g/mol. The number of ether oxygens (including phenoxy) is 1. The molecule has 0 radical (unpaired) electrons. The number of allylic oxidation sites excluding steroid dienone is 2. The van der Waals surface area contributed by atoms with Crippen molar-refractivity contribution in [2.75, 3.05) is 11.9 Å². The summed E-state index contributed by atoms with van der Waals surface area (Å²) in [5.74, 6) is -0.850. The zero-order chi connectivity index (χ0) is 14.0. The fourth-order valence-electron chi connectivity index (χ4n) is 2.12. The highest BCUT2D eigenvalue weighted by Crippen LogP contribution is 2.26. The first-order chi connectivity index (χ1) is 9.02. The monoisotopic (exact) mass is 334 g/mol. The van der Waals surface area contributed by atoms with E-state index in [1.54, 1.807) is 0 Å². The van der Waals surface area contributed by atoms with Crippen molar-refractivity contribution < 1.29 is 18.8 Å². The van der Waals surface area contributed by atoms with Gasteiger partial charge in [-0.25, -0.2) is 4.79 Å². The fourth-order valence-corrected chi connectivity index (χ4v) is 2.45. The molecule has 1 aliphatic heterocycles. The molecule has 1 aliphatic carbocycles. The van der Waals surface area contributed by atoms with Gasteiger partial charge in [-0.15, -0.1) is 0 Å². The second kappa shape index (κ2) is 5.68. The number of hydrogen-bond donors (Lipinski definition) is 0. The number of carbonyl (C=O) groups excluding carboxylic acids is 1. The predicted octanol–water partition coefficient (Wildman–Crippen LogP) is 2.38. The van der Waals surface area contributed by atoms with Crippen molar-refractivity contribution in [3.8, 4) is 0 Å². The molecule has 2 atom stereocenters. The summed E-state index contributed by atoms with van der Waals surface area (Å²) in [6, 6.07) is -0.513. The molecule has 104 valence electrons. The molecular formula is C11H12BrFN2O4. The van der Waals surface area contributed by atoms with Gasteiger partial charge in [0.05, 0.1) is 17.5 Å². The zero-order valence-corrected chi connectivity index (χ0v) is 11.5. The van der Waals surface area contributed by atoms with E-state index in [9.17, 15) is 19.3 Å². The third-order valence-corrected chi connectivity index (χ3v) is 3.77. The molecule has 2 aliphatic rings. The third-order valence-electron chi connectivity index (χ3n) is 3.05. The first-order valence-electron chi connectivity index (χ1n) is 5.78. The van der Waals surface area contributed by atoms with E-state index in [4.69, 9.17) is 4.74 Å². The number of alkyl halides is 1. The molecule has 2 rings (SSSR count). The number of nitro groups is 1. The van der Waals surface area contributed by atoms with Crippen molar-refractivity contribution in [1.29, 1.82) is 0 Å². The van der Waals surface area contributed by atoms with Gasteiger partial charge in [-0.05, 0) is 18.9 Å². The summed E-state index contributed by atoms with van der Waals surface area (Å²) in [5.41, 5.74) is -0.586. The number of nitrogens with zero attached hydrogens (tertiary/aromatic N) is 2. The maximum Gasteiger partial charge on any atom is 0.410 e. The van der Waals surface area contributed by atoms with Crippen molar-refractivity contribution in [3.63, 3.8) is 0 Å². The van der Waals surface area contributed by atoms with Crippen LogP contribution in [0, 0.1) is 10.1 Å². The van der Waals surface area contributed by atoms with Gasteiger partial charge in [0.15, 0.2) is 5.83 Å². The Hall–Kier alpha value is -1.44. The van der Waals surface area contributed by atoms with E-state index in [0.29, 0.717) is 24.7 Å². The molecule has 19 heavy (non-hydrogen) atoms. The summed E-state index contributed by atoms with van der Waals surface area (Å²) >= 11 is 3.22. The van der Waals surface area contributed by atoms with Gasteiger partial charge in [-0.1, -0.05) is 15.9 Å². The van der Waals surface area contributed by atoms with E-state index in [0.717, 1.165) is 0 Å². The van der Waals surface area contributed by atoms with E-state index in [1.807, 2.05) is 0 Å². The lowest BCUT2D eigenvalue weighted by Crippen LogP contribution is -2.35. The maximum absolute atomic E-state index is 13.5. The Morgan fingerprint density at radius 3 is 2.95 bits per heavy atom. The van der Waals surface area contributed by atoms with Crippen LogP contribution in [0.5, 0.6) is 0 Å². The number of hydrogen-bond acceptors (Lipinski definition) is 4. The molecule has 0 aromatic heterocycles. The zero-order valence-electron chi connectivity index (χ0n) is 9.92. The molecule has 8 heteroatoms. The van der Waals surface area contributed by atoms with Crippen LogP contribution in [0.25, 0.3) is 0 Å². The molecule has 6 nitrogen and oxygen atoms in total. The molecule has 0 N–H and O–H groups in total. The van der Waals surface area contributed by atoms with E-state index in [-0.39, 0.29) is 6.10 Å². The summed E-state index contributed by atoms with van der Waals surface area (Å²) in [4.78, 5) is 23.1. The molecule has 1 fully saturated rings. The molecule has 0 spiro atoms. The molecule has 0 aromatic rings. The molecule has 0 aromatic carbocycles. The standard InChI is InChI=1S/C11H12BrFN2O4/c12-5-8-6-14(11(16)19-8)7-2-1-3-9(13)10(4-7)15(17)18/h3-4,7-8H,1-2,5-6H2. The Morgan fingerprint density at radius 2 is 2.37 bits per heavy atom. The number of halogens is 2. The van der Waals surface area contributed by atoms with Gasteiger partial charge in [0.25, 0.3) is 0 Å². The second-order valence-electron chi connectivity index (χ2n) is 4.32. The summed E-state index contributed by atoms with van der Waals surface area (Å²) in [6.45, 7) is 0.345. The average Bonchev–Trinajstić information content (AvgIpc) is 2.62. The van der Waals surface area contributed by atoms with Gasteiger partial charge in [-0.3, -0.25) is 15.0 Å². The number of rotatable bonds is 3.